The molecule has 1 aliphatic heterocycles. The number of nitrogens with zero attached hydrogens (tertiary/aromatic N) is 3. The number of piperazine rings is 1. The lowest BCUT2D eigenvalue weighted by molar-refractivity contribution is -0.122. The Labute approximate surface area is 207 Å². The molecule has 0 saturated carbocycles. The van der Waals surface area contributed by atoms with Crippen LogP contribution in [0.25, 0.3) is 0 Å². The Balaban J connectivity index is 1.51. The van der Waals surface area contributed by atoms with Gasteiger partial charge in [0.1, 0.15) is 10.4 Å². The number of hydrogen-bond donors (Lipinski definition) is 3. The highest BCUT2D eigenvalue weighted by Gasteiger charge is 2.22. The maximum Gasteiger partial charge on any atom is 0.258 e. The van der Waals surface area contributed by atoms with Gasteiger partial charge in [0.15, 0.2) is 0 Å². The molecule has 0 bridgehead atoms. The average molecular weight is 497 g/mol. The normalized spacial score (nSPS) is 14.9. The molecule has 0 spiro atoms. The first-order chi connectivity index (χ1) is 16.6. The zero-order valence-electron chi connectivity index (χ0n) is 18.4. The van der Waals surface area contributed by atoms with Crippen LogP contribution in [0, 0.1) is 0 Å². The van der Waals surface area contributed by atoms with E-state index in [0.29, 0.717) is 27.8 Å². The topological polar surface area (TPSA) is 99.3 Å². The lowest BCUT2D eigenvalue weighted by Gasteiger charge is -2.27. The highest BCUT2D eigenvalue weighted by molar-refractivity contribution is 7.99. The molecule has 1 fully saturated rings. The fourth-order valence-corrected chi connectivity index (χ4v) is 4.73. The Morgan fingerprint density at radius 1 is 1.06 bits per heavy atom. The number of aromatic nitrogens is 2. The Bertz CT molecular complexity index is 1110. The van der Waals surface area contributed by atoms with Gasteiger partial charge in [-0.15, -0.1) is 0 Å². The predicted molar refractivity (Wildman–Crippen MR) is 134 cm³/mol. The van der Waals surface area contributed by atoms with Crippen molar-refractivity contribution < 1.29 is 9.59 Å². The number of pyridine rings is 2. The zero-order chi connectivity index (χ0) is 23.8. The van der Waals surface area contributed by atoms with E-state index < -0.39 is 5.37 Å². The van der Waals surface area contributed by atoms with E-state index in [1.54, 1.807) is 55.0 Å². The van der Waals surface area contributed by atoms with Crippen LogP contribution in [0.1, 0.15) is 21.3 Å². The van der Waals surface area contributed by atoms with Crippen molar-refractivity contribution in [2.24, 2.45) is 0 Å². The number of carbonyl (C=O) groups excluding carboxylic acids is 2. The summed E-state index contributed by atoms with van der Waals surface area (Å²) in [5.41, 5.74) is 1.91. The van der Waals surface area contributed by atoms with Crippen LogP contribution >= 0.6 is 23.4 Å². The van der Waals surface area contributed by atoms with Gasteiger partial charge in [0, 0.05) is 55.5 Å². The maximum atomic E-state index is 13.0. The quantitative estimate of drug-likeness (QED) is 0.325. The number of amides is 2. The third-order valence-corrected chi connectivity index (χ3v) is 6.65. The van der Waals surface area contributed by atoms with Crippen molar-refractivity contribution in [2.75, 3.05) is 38.0 Å². The zero-order valence-corrected chi connectivity index (χ0v) is 20.0. The maximum absolute atomic E-state index is 13.0. The van der Waals surface area contributed by atoms with E-state index in [1.807, 2.05) is 12.1 Å². The number of carbonyl (C=O) groups is 2. The number of hydrogen-bond acceptors (Lipinski definition) is 7. The van der Waals surface area contributed by atoms with Crippen molar-refractivity contribution in [3.63, 3.8) is 0 Å². The molecule has 34 heavy (non-hydrogen) atoms. The van der Waals surface area contributed by atoms with Gasteiger partial charge in [-0.3, -0.25) is 19.5 Å². The summed E-state index contributed by atoms with van der Waals surface area (Å²) in [5.74, 6) is -0.377. The van der Waals surface area contributed by atoms with Crippen LogP contribution in [-0.2, 0) is 4.79 Å². The second kappa shape index (κ2) is 11.9. The van der Waals surface area contributed by atoms with Crippen LogP contribution < -0.4 is 16.0 Å². The van der Waals surface area contributed by atoms with E-state index in [9.17, 15) is 9.59 Å². The molecule has 4 rings (SSSR count). The van der Waals surface area contributed by atoms with E-state index in [0.717, 1.165) is 31.7 Å². The van der Waals surface area contributed by atoms with Crippen molar-refractivity contribution in [3.05, 3.63) is 83.3 Å². The molecule has 0 radical (unpaired) electrons. The standard InChI is InChI=1S/C24H25ClN6O2S/c25-18-3-5-19(6-4-18)29-22(33)20-2-1-9-28-24(20)34-23(17-7-10-26-11-8-17)30-21(32)16-31-14-12-27-13-15-31/h1-11,23,27H,12-16H2,(H,29,33)(H,30,32). The molecule has 10 heteroatoms. The van der Waals surface area contributed by atoms with E-state index in [4.69, 9.17) is 11.6 Å². The van der Waals surface area contributed by atoms with Gasteiger partial charge in [0.2, 0.25) is 5.91 Å². The van der Waals surface area contributed by atoms with Crippen LogP contribution in [-0.4, -0.2) is 59.4 Å². The summed E-state index contributed by atoms with van der Waals surface area (Å²) in [6.45, 7) is 3.72. The van der Waals surface area contributed by atoms with E-state index in [2.05, 4.69) is 30.8 Å². The van der Waals surface area contributed by atoms with Crippen LogP contribution in [0.5, 0.6) is 0 Å². The second-order valence-electron chi connectivity index (χ2n) is 7.69. The first-order valence-corrected chi connectivity index (χ1v) is 12.2. The molecule has 0 aliphatic carbocycles. The van der Waals surface area contributed by atoms with Gasteiger partial charge in [-0.05, 0) is 54.1 Å². The van der Waals surface area contributed by atoms with Crippen molar-refractivity contribution in [3.8, 4) is 0 Å². The smallest absolute Gasteiger partial charge is 0.258 e. The largest absolute Gasteiger partial charge is 0.339 e. The lowest BCUT2D eigenvalue weighted by Crippen LogP contribution is -2.47. The lowest BCUT2D eigenvalue weighted by atomic mass is 10.2. The SMILES string of the molecule is O=C(CN1CCNCC1)NC(Sc1ncccc1C(=O)Nc1ccc(Cl)cc1)c1ccncc1. The minimum absolute atomic E-state index is 0.0840. The van der Waals surface area contributed by atoms with E-state index in [-0.39, 0.29) is 11.8 Å². The summed E-state index contributed by atoms with van der Waals surface area (Å²) >= 11 is 7.25. The summed E-state index contributed by atoms with van der Waals surface area (Å²) in [5, 5.41) is 9.93. The monoisotopic (exact) mass is 496 g/mol. The van der Waals surface area contributed by atoms with E-state index >= 15 is 0 Å². The molecule has 2 aromatic heterocycles. The van der Waals surface area contributed by atoms with Crippen molar-refractivity contribution >= 4 is 40.9 Å². The Kier molecular flexibility index (Phi) is 8.48. The molecule has 3 heterocycles. The second-order valence-corrected chi connectivity index (χ2v) is 9.22. The average Bonchev–Trinajstić information content (AvgIpc) is 2.86. The van der Waals surface area contributed by atoms with Gasteiger partial charge in [-0.1, -0.05) is 23.4 Å². The van der Waals surface area contributed by atoms with Gasteiger partial charge < -0.3 is 16.0 Å². The molecule has 1 unspecified atom stereocenters. The minimum atomic E-state index is -0.435. The molecule has 176 valence electrons. The van der Waals surface area contributed by atoms with Crippen LogP contribution in [0.4, 0.5) is 5.69 Å². The van der Waals surface area contributed by atoms with E-state index in [1.165, 1.54) is 11.8 Å². The van der Waals surface area contributed by atoms with Gasteiger partial charge in [-0.2, -0.15) is 0 Å². The molecule has 2 amide bonds. The number of rotatable bonds is 8. The molecule has 3 N–H and O–H groups in total. The Hall–Kier alpha value is -2.98. The number of halogens is 1. The van der Waals surface area contributed by atoms with Crippen LogP contribution in [0.3, 0.4) is 0 Å². The number of nitrogens with one attached hydrogen (secondary N) is 3. The highest BCUT2D eigenvalue weighted by atomic mass is 35.5. The summed E-state index contributed by atoms with van der Waals surface area (Å²) in [6, 6.07) is 14.0. The number of anilines is 1. The van der Waals surface area contributed by atoms with Crippen molar-refractivity contribution in [2.45, 2.75) is 10.4 Å². The Morgan fingerprint density at radius 3 is 2.53 bits per heavy atom. The van der Waals surface area contributed by atoms with Crippen molar-refractivity contribution in [1.82, 2.24) is 25.5 Å². The minimum Gasteiger partial charge on any atom is -0.339 e. The fourth-order valence-electron chi connectivity index (χ4n) is 3.48. The van der Waals surface area contributed by atoms with Gasteiger partial charge in [-0.25, -0.2) is 4.98 Å². The molecule has 8 nitrogen and oxygen atoms in total. The highest BCUT2D eigenvalue weighted by Crippen LogP contribution is 2.34. The predicted octanol–water partition coefficient (Wildman–Crippen LogP) is 3.19. The molecule has 3 aromatic rings. The van der Waals surface area contributed by atoms with Crippen LogP contribution in [0.15, 0.2) is 72.1 Å². The summed E-state index contributed by atoms with van der Waals surface area (Å²) in [4.78, 5) is 36.5. The van der Waals surface area contributed by atoms with Crippen molar-refractivity contribution in [1.29, 1.82) is 0 Å². The molecule has 1 aromatic carbocycles. The number of benzene rings is 1. The molecular weight excluding hydrogens is 472 g/mol. The van der Waals surface area contributed by atoms with Gasteiger partial charge >= 0.3 is 0 Å². The Morgan fingerprint density at radius 2 is 1.79 bits per heavy atom. The molecular formula is C24H25ClN6O2S. The first kappa shape index (κ1) is 24.2. The third-order valence-electron chi connectivity index (χ3n) is 5.23. The third kappa shape index (κ3) is 6.77. The van der Waals surface area contributed by atoms with Gasteiger partial charge in [0.25, 0.3) is 5.91 Å². The number of thioether (sulfide) groups is 1. The summed E-state index contributed by atoms with van der Waals surface area (Å²) in [6.07, 6.45) is 4.99. The first-order valence-electron chi connectivity index (χ1n) is 10.9. The van der Waals surface area contributed by atoms with Crippen LogP contribution in [0.2, 0.25) is 5.02 Å². The summed E-state index contributed by atoms with van der Waals surface area (Å²) in [7, 11) is 0. The summed E-state index contributed by atoms with van der Waals surface area (Å²) < 4.78 is 0. The molecule has 1 aliphatic rings. The fraction of sp³-hybridized carbons (Fsp3) is 0.250. The molecule has 1 saturated heterocycles. The molecule has 1 atom stereocenters. The van der Waals surface area contributed by atoms with Gasteiger partial charge in [0.05, 0.1) is 12.1 Å².